The number of amides is 1. The number of nitrogens with one attached hydrogen (secondary N) is 1. The second-order valence-electron chi connectivity index (χ2n) is 4.73. The van der Waals surface area contributed by atoms with Crippen molar-refractivity contribution < 1.29 is 23.5 Å². The van der Waals surface area contributed by atoms with Crippen LogP contribution in [0.5, 0.6) is 0 Å². The van der Waals surface area contributed by atoms with Gasteiger partial charge in [0.05, 0.1) is 18.8 Å². The van der Waals surface area contributed by atoms with Crippen LogP contribution in [0.3, 0.4) is 0 Å². The van der Waals surface area contributed by atoms with E-state index >= 15 is 0 Å². The minimum atomic E-state index is -1.06. The first-order chi connectivity index (χ1) is 9.83. The fraction of sp³-hybridized carbons (Fsp3) is 0.429. The lowest BCUT2D eigenvalue weighted by molar-refractivity contribution is -0.139. The number of aliphatic carboxylic acids is 1. The van der Waals surface area contributed by atoms with Gasteiger partial charge in [-0.1, -0.05) is 6.92 Å². The molecule has 1 atom stereocenters. The van der Waals surface area contributed by atoms with Crippen LogP contribution in [0.1, 0.15) is 20.3 Å². The van der Waals surface area contributed by atoms with Gasteiger partial charge < -0.3 is 10.4 Å². The highest BCUT2D eigenvalue weighted by molar-refractivity contribution is 5.92. The van der Waals surface area contributed by atoms with Gasteiger partial charge in [-0.3, -0.25) is 14.5 Å². The van der Waals surface area contributed by atoms with Gasteiger partial charge in [-0.25, -0.2) is 8.78 Å². The number of carbonyl (C=O) groups is 2. The fourth-order valence-electron chi connectivity index (χ4n) is 1.77. The Hall–Kier alpha value is -2.02. The molecule has 2 N–H and O–H groups in total. The third-order valence-corrected chi connectivity index (χ3v) is 3.10. The number of hydrogen-bond donors (Lipinski definition) is 2. The lowest BCUT2D eigenvalue weighted by Gasteiger charge is -2.25. The first-order valence-corrected chi connectivity index (χ1v) is 6.54. The Morgan fingerprint density at radius 1 is 1.33 bits per heavy atom. The zero-order valence-corrected chi connectivity index (χ0v) is 11.9. The lowest BCUT2D eigenvalue weighted by Crippen LogP contribution is -2.42. The highest BCUT2D eigenvalue weighted by atomic mass is 19.1. The van der Waals surface area contributed by atoms with Gasteiger partial charge in [0.2, 0.25) is 5.91 Å². The molecule has 0 aliphatic carbocycles. The van der Waals surface area contributed by atoms with E-state index in [-0.39, 0.29) is 24.8 Å². The van der Waals surface area contributed by atoms with E-state index in [1.54, 1.807) is 6.92 Å². The number of anilines is 1. The van der Waals surface area contributed by atoms with Gasteiger partial charge in [-0.05, 0) is 25.5 Å². The van der Waals surface area contributed by atoms with Crippen LogP contribution in [-0.4, -0.2) is 41.0 Å². The molecule has 0 fully saturated rings. The Bertz CT molecular complexity index is 523. The molecule has 0 saturated heterocycles. The SMILES string of the molecule is CCC(C)N(CC(=O)O)CC(=O)Nc1cc(F)ccc1F. The summed E-state index contributed by atoms with van der Waals surface area (Å²) in [5, 5.41) is 11.1. The summed E-state index contributed by atoms with van der Waals surface area (Å²) in [4.78, 5) is 24.1. The van der Waals surface area contributed by atoms with Crippen molar-refractivity contribution in [3.05, 3.63) is 29.8 Å². The number of carboxylic acid groups (broad SMARTS) is 1. The van der Waals surface area contributed by atoms with Crippen molar-refractivity contribution in [1.82, 2.24) is 4.90 Å². The second-order valence-corrected chi connectivity index (χ2v) is 4.73. The maximum absolute atomic E-state index is 13.4. The number of carbonyl (C=O) groups excluding carboxylic acids is 1. The Kier molecular flexibility index (Phi) is 6.23. The maximum atomic E-state index is 13.4. The van der Waals surface area contributed by atoms with Crippen LogP contribution in [0.25, 0.3) is 0 Å². The average molecular weight is 300 g/mol. The van der Waals surface area contributed by atoms with E-state index in [1.165, 1.54) is 4.90 Å². The Labute approximate surface area is 121 Å². The van der Waals surface area contributed by atoms with Crippen LogP contribution < -0.4 is 5.32 Å². The number of nitrogens with zero attached hydrogens (tertiary/aromatic N) is 1. The van der Waals surface area contributed by atoms with Crippen LogP contribution >= 0.6 is 0 Å². The molecule has 0 saturated carbocycles. The molecule has 1 aromatic carbocycles. The summed E-state index contributed by atoms with van der Waals surface area (Å²) in [5.74, 6) is -3.07. The van der Waals surface area contributed by atoms with Gasteiger partial charge in [-0.15, -0.1) is 0 Å². The van der Waals surface area contributed by atoms with Gasteiger partial charge in [0.15, 0.2) is 0 Å². The summed E-state index contributed by atoms with van der Waals surface area (Å²) in [7, 11) is 0. The third-order valence-electron chi connectivity index (χ3n) is 3.10. The molecule has 0 spiro atoms. The quantitative estimate of drug-likeness (QED) is 0.809. The Balaban J connectivity index is 2.73. The molecule has 0 bridgehead atoms. The number of carboxylic acids is 1. The van der Waals surface area contributed by atoms with Gasteiger partial charge in [0, 0.05) is 12.1 Å². The maximum Gasteiger partial charge on any atom is 0.317 e. The second kappa shape index (κ2) is 7.68. The van der Waals surface area contributed by atoms with E-state index in [9.17, 15) is 18.4 Å². The van der Waals surface area contributed by atoms with E-state index < -0.39 is 23.5 Å². The molecule has 0 heterocycles. The zero-order valence-electron chi connectivity index (χ0n) is 11.9. The van der Waals surface area contributed by atoms with Crippen LogP contribution in [0.2, 0.25) is 0 Å². The number of rotatable bonds is 7. The first kappa shape index (κ1) is 17.0. The first-order valence-electron chi connectivity index (χ1n) is 6.54. The van der Waals surface area contributed by atoms with Crippen molar-refractivity contribution in [3.63, 3.8) is 0 Å². The van der Waals surface area contributed by atoms with Crippen molar-refractivity contribution in [2.24, 2.45) is 0 Å². The van der Waals surface area contributed by atoms with Gasteiger partial charge in [-0.2, -0.15) is 0 Å². The minimum Gasteiger partial charge on any atom is -0.480 e. The normalized spacial score (nSPS) is 12.2. The van der Waals surface area contributed by atoms with E-state index in [1.807, 2.05) is 6.92 Å². The predicted octanol–water partition coefficient (Wildman–Crippen LogP) is 2.09. The van der Waals surface area contributed by atoms with Crippen LogP contribution in [0.15, 0.2) is 18.2 Å². The molecule has 1 unspecified atom stereocenters. The summed E-state index contributed by atoms with van der Waals surface area (Å²) in [6.45, 7) is 3.15. The largest absolute Gasteiger partial charge is 0.480 e. The molecule has 1 aromatic rings. The molecule has 0 aliphatic heterocycles. The van der Waals surface area contributed by atoms with Gasteiger partial charge >= 0.3 is 5.97 Å². The van der Waals surface area contributed by atoms with E-state index in [4.69, 9.17) is 5.11 Å². The molecule has 0 aliphatic rings. The Morgan fingerprint density at radius 2 is 2.00 bits per heavy atom. The summed E-state index contributed by atoms with van der Waals surface area (Å²) >= 11 is 0. The average Bonchev–Trinajstić information content (AvgIpc) is 2.40. The number of halogens is 2. The van der Waals surface area contributed by atoms with Crippen molar-refractivity contribution in [3.8, 4) is 0 Å². The lowest BCUT2D eigenvalue weighted by atomic mass is 10.2. The molecular formula is C14H18F2N2O3. The highest BCUT2D eigenvalue weighted by Crippen LogP contribution is 2.15. The topological polar surface area (TPSA) is 69.6 Å². The van der Waals surface area contributed by atoms with E-state index in [0.717, 1.165) is 18.2 Å². The molecule has 1 rings (SSSR count). The van der Waals surface area contributed by atoms with Crippen molar-refractivity contribution in [2.75, 3.05) is 18.4 Å². The van der Waals surface area contributed by atoms with Crippen molar-refractivity contribution in [2.45, 2.75) is 26.3 Å². The summed E-state index contributed by atoms with van der Waals surface area (Å²) < 4.78 is 26.4. The molecule has 21 heavy (non-hydrogen) atoms. The Morgan fingerprint density at radius 3 is 2.57 bits per heavy atom. The summed E-state index contributed by atoms with van der Waals surface area (Å²) in [5.41, 5.74) is -0.264. The summed E-state index contributed by atoms with van der Waals surface area (Å²) in [6, 6.07) is 2.61. The molecule has 1 amide bonds. The molecular weight excluding hydrogens is 282 g/mol. The standard InChI is InChI=1S/C14H18F2N2O3/c1-3-9(2)18(8-14(20)21)7-13(19)17-12-6-10(15)4-5-11(12)16/h4-6,9H,3,7-8H2,1-2H3,(H,17,19)(H,20,21). The van der Waals surface area contributed by atoms with Crippen molar-refractivity contribution >= 4 is 17.6 Å². The highest BCUT2D eigenvalue weighted by Gasteiger charge is 2.19. The number of hydrogen-bond acceptors (Lipinski definition) is 3. The van der Waals surface area contributed by atoms with E-state index in [0.29, 0.717) is 6.42 Å². The molecule has 0 radical (unpaired) electrons. The van der Waals surface area contributed by atoms with Crippen LogP contribution in [-0.2, 0) is 9.59 Å². The van der Waals surface area contributed by atoms with Gasteiger partial charge in [0.1, 0.15) is 11.6 Å². The van der Waals surface area contributed by atoms with Crippen LogP contribution in [0.4, 0.5) is 14.5 Å². The minimum absolute atomic E-state index is 0.121. The summed E-state index contributed by atoms with van der Waals surface area (Å²) in [6.07, 6.45) is 0.662. The molecule has 116 valence electrons. The fourth-order valence-corrected chi connectivity index (χ4v) is 1.77. The monoisotopic (exact) mass is 300 g/mol. The smallest absolute Gasteiger partial charge is 0.317 e. The molecule has 7 heteroatoms. The number of benzene rings is 1. The molecule has 0 aromatic heterocycles. The van der Waals surface area contributed by atoms with E-state index in [2.05, 4.69) is 5.32 Å². The molecule has 5 nitrogen and oxygen atoms in total. The zero-order chi connectivity index (χ0) is 16.0. The third kappa shape index (κ3) is 5.47. The predicted molar refractivity (Wildman–Crippen MR) is 73.9 cm³/mol. The van der Waals surface area contributed by atoms with Crippen LogP contribution in [0, 0.1) is 11.6 Å². The van der Waals surface area contributed by atoms with Gasteiger partial charge in [0.25, 0.3) is 0 Å². The van der Waals surface area contributed by atoms with Crippen molar-refractivity contribution in [1.29, 1.82) is 0 Å².